The molecular weight excluding hydrogens is 172 g/mol. The van der Waals surface area contributed by atoms with Crippen molar-refractivity contribution in [2.75, 3.05) is 0 Å². The quantitative estimate of drug-likeness (QED) is 0.562. The molecule has 6 heteroatoms. The normalized spacial score (nSPS) is 10.5. The van der Waals surface area contributed by atoms with Crippen LogP contribution in [-0.2, 0) is 7.05 Å². The first kappa shape index (κ1) is 7.66. The van der Waals surface area contributed by atoms with Gasteiger partial charge in [-0.2, -0.15) is 4.98 Å². The van der Waals surface area contributed by atoms with E-state index in [1.165, 1.54) is 10.8 Å². The maximum atomic E-state index is 11.0. The lowest BCUT2D eigenvalue weighted by Crippen LogP contribution is -2.21. The van der Waals surface area contributed by atoms with Crippen molar-refractivity contribution < 1.29 is 0 Å². The molecule has 0 amide bonds. The molecule has 0 aliphatic heterocycles. The van der Waals surface area contributed by atoms with E-state index in [2.05, 4.69) is 15.0 Å². The molecular formula is C7H6N4O2. The number of nitrogens with one attached hydrogen (secondary N) is 1. The van der Waals surface area contributed by atoms with Crippen LogP contribution in [0.2, 0.25) is 0 Å². The number of fused-ring (bicyclic) bond motifs is 1. The molecule has 2 aromatic rings. The van der Waals surface area contributed by atoms with E-state index in [0.717, 1.165) is 6.20 Å². The molecule has 0 saturated carbocycles. The Morgan fingerprint density at radius 1 is 1.46 bits per heavy atom. The summed E-state index contributed by atoms with van der Waals surface area (Å²) >= 11 is 0. The van der Waals surface area contributed by atoms with Crippen molar-refractivity contribution in [2.45, 2.75) is 0 Å². The number of rotatable bonds is 0. The molecule has 13 heavy (non-hydrogen) atoms. The molecule has 6 nitrogen and oxygen atoms in total. The number of aromatic amines is 1. The Morgan fingerprint density at radius 3 is 3.00 bits per heavy atom. The third kappa shape index (κ3) is 1.22. The molecule has 0 atom stereocenters. The van der Waals surface area contributed by atoms with Gasteiger partial charge in [0.1, 0.15) is 5.52 Å². The highest BCUT2D eigenvalue weighted by Gasteiger charge is 1.99. The van der Waals surface area contributed by atoms with Gasteiger partial charge in [-0.05, 0) is 0 Å². The van der Waals surface area contributed by atoms with Gasteiger partial charge in [0.15, 0.2) is 5.65 Å². The van der Waals surface area contributed by atoms with Crippen LogP contribution >= 0.6 is 0 Å². The molecule has 66 valence electrons. The van der Waals surface area contributed by atoms with E-state index in [1.54, 1.807) is 7.05 Å². The lowest BCUT2D eigenvalue weighted by atomic mass is 10.5. The summed E-state index contributed by atoms with van der Waals surface area (Å²) in [6.45, 7) is 0. The van der Waals surface area contributed by atoms with Crippen LogP contribution in [0.3, 0.4) is 0 Å². The summed E-state index contributed by atoms with van der Waals surface area (Å²) in [7, 11) is 1.57. The zero-order chi connectivity index (χ0) is 9.42. The lowest BCUT2D eigenvalue weighted by Gasteiger charge is -1.97. The van der Waals surface area contributed by atoms with E-state index < -0.39 is 5.69 Å². The first-order chi connectivity index (χ1) is 6.16. The van der Waals surface area contributed by atoms with Crippen molar-refractivity contribution in [1.82, 2.24) is 19.5 Å². The summed E-state index contributed by atoms with van der Waals surface area (Å²) in [4.78, 5) is 31.7. The van der Waals surface area contributed by atoms with Gasteiger partial charge in [0, 0.05) is 13.2 Å². The van der Waals surface area contributed by atoms with Crippen LogP contribution < -0.4 is 11.2 Å². The fraction of sp³-hybridized carbons (Fsp3) is 0.143. The van der Waals surface area contributed by atoms with Gasteiger partial charge in [-0.1, -0.05) is 0 Å². The minimum absolute atomic E-state index is 0.218. The molecule has 0 aromatic carbocycles. The summed E-state index contributed by atoms with van der Waals surface area (Å²) in [5.41, 5.74) is -0.0818. The van der Waals surface area contributed by atoms with Gasteiger partial charge in [0.25, 0.3) is 5.56 Å². The van der Waals surface area contributed by atoms with Gasteiger partial charge in [-0.15, -0.1) is 0 Å². The van der Waals surface area contributed by atoms with Crippen LogP contribution in [0, 0.1) is 0 Å². The predicted octanol–water partition coefficient (Wildman–Crippen LogP) is -0.983. The molecule has 0 fully saturated rings. The second-order valence-corrected chi connectivity index (χ2v) is 2.62. The number of hydrogen-bond donors (Lipinski definition) is 1. The Morgan fingerprint density at radius 2 is 2.23 bits per heavy atom. The highest BCUT2D eigenvalue weighted by Crippen LogP contribution is 1.96. The lowest BCUT2D eigenvalue weighted by molar-refractivity contribution is 0.818. The van der Waals surface area contributed by atoms with Gasteiger partial charge in [-0.3, -0.25) is 9.36 Å². The number of nitrogens with zero attached hydrogens (tertiary/aromatic N) is 3. The highest BCUT2D eigenvalue weighted by atomic mass is 16.1. The van der Waals surface area contributed by atoms with Gasteiger partial charge >= 0.3 is 5.69 Å². The van der Waals surface area contributed by atoms with Crippen molar-refractivity contribution >= 4 is 11.2 Å². The Balaban J connectivity index is 2.97. The zero-order valence-electron chi connectivity index (χ0n) is 6.81. The number of aryl methyl sites for hydroxylation is 1. The molecule has 0 saturated heterocycles. The van der Waals surface area contributed by atoms with Gasteiger partial charge < -0.3 is 4.98 Å². The van der Waals surface area contributed by atoms with Crippen molar-refractivity contribution in [1.29, 1.82) is 0 Å². The molecule has 2 aromatic heterocycles. The second kappa shape index (κ2) is 2.51. The summed E-state index contributed by atoms with van der Waals surface area (Å²) in [6, 6.07) is 0. The van der Waals surface area contributed by atoms with E-state index in [9.17, 15) is 9.59 Å². The first-order valence-corrected chi connectivity index (χ1v) is 3.59. The molecule has 0 aliphatic carbocycles. The molecule has 0 spiro atoms. The minimum atomic E-state index is -0.420. The van der Waals surface area contributed by atoms with Gasteiger partial charge in [0.2, 0.25) is 0 Å². The van der Waals surface area contributed by atoms with Crippen LogP contribution in [-0.4, -0.2) is 19.5 Å². The Kier molecular flexibility index (Phi) is 1.48. The molecule has 0 radical (unpaired) electrons. The molecule has 2 heterocycles. The van der Waals surface area contributed by atoms with E-state index in [4.69, 9.17) is 0 Å². The largest absolute Gasteiger partial charge is 0.349 e. The summed E-state index contributed by atoms with van der Waals surface area (Å²) in [6.07, 6.45) is 2.66. The monoisotopic (exact) mass is 178 g/mol. The Labute approximate surface area is 71.9 Å². The van der Waals surface area contributed by atoms with Crippen LogP contribution in [0.4, 0.5) is 0 Å². The molecule has 2 rings (SSSR count). The van der Waals surface area contributed by atoms with Crippen LogP contribution in [0.5, 0.6) is 0 Å². The molecule has 1 N–H and O–H groups in total. The average Bonchev–Trinajstić information content (AvgIpc) is 2.08. The number of aromatic nitrogens is 4. The standard InChI is InChI=1S/C7H6N4O2/c1-11-3-4-6(10-7(11)13)9-5(12)2-8-4/h2-3H,1H3,(H,9,10,12,13). The van der Waals surface area contributed by atoms with Crippen molar-refractivity contribution in [3.8, 4) is 0 Å². The fourth-order valence-corrected chi connectivity index (χ4v) is 0.995. The van der Waals surface area contributed by atoms with Crippen molar-refractivity contribution in [3.63, 3.8) is 0 Å². The Hall–Kier alpha value is -1.98. The Bertz CT molecular complexity index is 568. The van der Waals surface area contributed by atoms with Crippen LogP contribution in [0.25, 0.3) is 11.2 Å². The average molecular weight is 178 g/mol. The highest BCUT2D eigenvalue weighted by molar-refractivity contribution is 5.66. The SMILES string of the molecule is Cn1cc2ncc(=O)[nH]c2nc1=O. The minimum Gasteiger partial charge on any atom is -0.304 e. The number of hydrogen-bond acceptors (Lipinski definition) is 4. The smallest absolute Gasteiger partial charge is 0.304 e. The molecule has 0 bridgehead atoms. The fourth-order valence-electron chi connectivity index (χ4n) is 0.995. The molecule has 0 unspecified atom stereocenters. The zero-order valence-corrected chi connectivity index (χ0v) is 6.81. The van der Waals surface area contributed by atoms with Crippen molar-refractivity contribution in [3.05, 3.63) is 33.2 Å². The van der Waals surface area contributed by atoms with E-state index in [-0.39, 0.29) is 11.2 Å². The topological polar surface area (TPSA) is 80.6 Å². The number of H-pyrrole nitrogens is 1. The van der Waals surface area contributed by atoms with Crippen molar-refractivity contribution in [2.24, 2.45) is 7.05 Å². The summed E-state index contributed by atoms with van der Waals surface area (Å²) in [5, 5.41) is 0. The maximum Gasteiger partial charge on any atom is 0.349 e. The third-order valence-electron chi connectivity index (χ3n) is 1.63. The van der Waals surface area contributed by atoms with Crippen LogP contribution in [0.1, 0.15) is 0 Å². The van der Waals surface area contributed by atoms with Gasteiger partial charge in [0.05, 0.1) is 6.20 Å². The predicted molar refractivity (Wildman–Crippen MR) is 45.4 cm³/mol. The first-order valence-electron chi connectivity index (χ1n) is 3.59. The van der Waals surface area contributed by atoms with E-state index in [1.807, 2.05) is 0 Å². The maximum absolute atomic E-state index is 11.0. The summed E-state index contributed by atoms with van der Waals surface area (Å²) in [5.74, 6) is 0. The second-order valence-electron chi connectivity index (χ2n) is 2.62. The van der Waals surface area contributed by atoms with E-state index in [0.29, 0.717) is 5.52 Å². The van der Waals surface area contributed by atoms with E-state index >= 15 is 0 Å². The van der Waals surface area contributed by atoms with Crippen LogP contribution in [0.15, 0.2) is 22.0 Å². The third-order valence-corrected chi connectivity index (χ3v) is 1.63. The summed E-state index contributed by atoms with van der Waals surface area (Å²) < 4.78 is 1.30. The molecule has 0 aliphatic rings. The van der Waals surface area contributed by atoms with Gasteiger partial charge in [-0.25, -0.2) is 9.78 Å².